The van der Waals surface area contributed by atoms with Gasteiger partial charge in [0.2, 0.25) is 0 Å². The predicted octanol–water partition coefficient (Wildman–Crippen LogP) is 3.58. The van der Waals surface area contributed by atoms with Gasteiger partial charge in [-0.2, -0.15) is 5.10 Å². The summed E-state index contributed by atoms with van der Waals surface area (Å²) in [7, 11) is 1.65. The Balaban J connectivity index is 1.70. The number of carbonyl (C=O) groups excluding carboxylic acids is 1. The molecule has 25 heavy (non-hydrogen) atoms. The Morgan fingerprint density at radius 3 is 3.04 bits per heavy atom. The summed E-state index contributed by atoms with van der Waals surface area (Å²) >= 11 is 0. The van der Waals surface area contributed by atoms with Gasteiger partial charge in [-0.15, -0.1) is 0 Å². The molecule has 136 valence electrons. The molecule has 2 aromatic rings. The van der Waals surface area contributed by atoms with E-state index < -0.39 is 0 Å². The van der Waals surface area contributed by atoms with Crippen LogP contribution in [-0.2, 0) is 11.3 Å². The topological polar surface area (TPSA) is 72.5 Å². The molecule has 7 nitrogen and oxygen atoms in total. The maximum atomic E-state index is 12.8. The number of carbonyl (C=O) groups is 1. The Hall–Kier alpha value is -2.28. The third-order valence-electron chi connectivity index (χ3n) is 4.51. The number of aromatic nitrogens is 2. The molecule has 1 saturated heterocycles. The highest BCUT2D eigenvalue weighted by Gasteiger charge is 2.29. The highest BCUT2D eigenvalue weighted by atomic mass is 16.5. The van der Waals surface area contributed by atoms with Gasteiger partial charge in [0.05, 0.1) is 31.1 Å². The Bertz CT molecular complexity index is 694. The van der Waals surface area contributed by atoms with E-state index in [2.05, 4.69) is 10.4 Å². The lowest BCUT2D eigenvalue weighted by Gasteiger charge is -2.28. The number of anilines is 1. The number of furan rings is 1. The number of nitrogens with one attached hydrogen (secondary N) is 1. The molecule has 0 aromatic carbocycles. The van der Waals surface area contributed by atoms with Crippen molar-refractivity contribution in [2.75, 3.05) is 25.6 Å². The van der Waals surface area contributed by atoms with Crippen LogP contribution in [-0.4, -0.2) is 41.0 Å². The highest BCUT2D eigenvalue weighted by molar-refractivity contribution is 5.89. The van der Waals surface area contributed by atoms with Gasteiger partial charge in [0.15, 0.2) is 0 Å². The number of urea groups is 1. The third-order valence-corrected chi connectivity index (χ3v) is 4.51. The van der Waals surface area contributed by atoms with Crippen molar-refractivity contribution in [3.8, 4) is 0 Å². The summed E-state index contributed by atoms with van der Waals surface area (Å²) in [4.78, 5) is 14.7. The molecule has 0 spiro atoms. The summed E-state index contributed by atoms with van der Waals surface area (Å²) < 4.78 is 12.6. The summed E-state index contributed by atoms with van der Waals surface area (Å²) in [6.07, 6.45) is 7.65. The van der Waals surface area contributed by atoms with Gasteiger partial charge in [-0.3, -0.25) is 4.68 Å². The SMILES string of the molecule is COCCn1cc(NC(=O)N2CCCCCC2c2ccc(C)o2)cn1. The lowest BCUT2D eigenvalue weighted by atomic mass is 10.1. The summed E-state index contributed by atoms with van der Waals surface area (Å²) in [6, 6.07) is 3.82. The first-order valence-electron chi connectivity index (χ1n) is 8.82. The second-order valence-electron chi connectivity index (χ2n) is 6.42. The van der Waals surface area contributed by atoms with E-state index in [1.54, 1.807) is 18.0 Å². The number of ether oxygens (including phenoxy) is 1. The summed E-state index contributed by atoms with van der Waals surface area (Å²) in [5, 5.41) is 7.20. The first-order valence-corrected chi connectivity index (χ1v) is 8.82. The minimum Gasteiger partial charge on any atom is -0.464 e. The molecule has 1 atom stereocenters. The van der Waals surface area contributed by atoms with Crippen molar-refractivity contribution >= 4 is 11.7 Å². The van der Waals surface area contributed by atoms with E-state index >= 15 is 0 Å². The fourth-order valence-electron chi connectivity index (χ4n) is 3.21. The molecule has 3 rings (SSSR count). The van der Waals surface area contributed by atoms with Crippen molar-refractivity contribution in [3.63, 3.8) is 0 Å². The molecule has 0 radical (unpaired) electrons. The number of likely N-dealkylation sites (tertiary alicyclic amines) is 1. The van der Waals surface area contributed by atoms with E-state index in [1.165, 1.54) is 0 Å². The average molecular weight is 346 g/mol. The van der Waals surface area contributed by atoms with Crippen LogP contribution in [0.3, 0.4) is 0 Å². The van der Waals surface area contributed by atoms with Crippen LogP contribution in [0.25, 0.3) is 0 Å². The number of nitrogens with zero attached hydrogens (tertiary/aromatic N) is 3. The van der Waals surface area contributed by atoms with Crippen molar-refractivity contribution in [2.24, 2.45) is 0 Å². The molecule has 0 aliphatic carbocycles. The Morgan fingerprint density at radius 2 is 2.28 bits per heavy atom. The van der Waals surface area contributed by atoms with Crippen molar-refractivity contribution in [1.82, 2.24) is 14.7 Å². The minimum absolute atomic E-state index is 0.0141. The number of hydrogen-bond acceptors (Lipinski definition) is 4. The van der Waals surface area contributed by atoms with Crippen molar-refractivity contribution in [1.29, 1.82) is 0 Å². The normalized spacial score (nSPS) is 18.2. The van der Waals surface area contributed by atoms with Crippen LogP contribution in [0.1, 0.15) is 43.2 Å². The fraction of sp³-hybridized carbons (Fsp3) is 0.556. The average Bonchev–Trinajstić information content (AvgIpc) is 3.14. The van der Waals surface area contributed by atoms with Gasteiger partial charge >= 0.3 is 6.03 Å². The molecule has 1 fully saturated rings. The zero-order chi connectivity index (χ0) is 17.6. The minimum atomic E-state index is -0.104. The number of aryl methyl sites for hydroxylation is 1. The quantitative estimate of drug-likeness (QED) is 0.898. The van der Waals surface area contributed by atoms with E-state index in [9.17, 15) is 4.79 Å². The van der Waals surface area contributed by atoms with Crippen LogP contribution in [0.5, 0.6) is 0 Å². The number of hydrogen-bond donors (Lipinski definition) is 1. The second-order valence-corrected chi connectivity index (χ2v) is 6.42. The van der Waals surface area contributed by atoms with Crippen LogP contribution in [0.2, 0.25) is 0 Å². The fourth-order valence-corrected chi connectivity index (χ4v) is 3.21. The molecule has 0 bridgehead atoms. The predicted molar refractivity (Wildman–Crippen MR) is 94.5 cm³/mol. The lowest BCUT2D eigenvalue weighted by Crippen LogP contribution is -2.37. The van der Waals surface area contributed by atoms with E-state index in [-0.39, 0.29) is 12.1 Å². The molecule has 7 heteroatoms. The van der Waals surface area contributed by atoms with E-state index in [4.69, 9.17) is 9.15 Å². The zero-order valence-electron chi connectivity index (χ0n) is 14.9. The maximum absolute atomic E-state index is 12.8. The van der Waals surface area contributed by atoms with Gasteiger partial charge in [-0.1, -0.05) is 12.8 Å². The van der Waals surface area contributed by atoms with Crippen molar-refractivity contribution in [2.45, 2.75) is 45.2 Å². The van der Waals surface area contributed by atoms with E-state index in [0.717, 1.165) is 43.7 Å². The number of rotatable bonds is 5. The first-order chi connectivity index (χ1) is 12.2. The van der Waals surface area contributed by atoms with E-state index in [0.29, 0.717) is 18.8 Å². The summed E-state index contributed by atoms with van der Waals surface area (Å²) in [6.45, 7) is 3.90. The van der Waals surface area contributed by atoms with Crippen LogP contribution in [0.4, 0.5) is 10.5 Å². The van der Waals surface area contributed by atoms with Crippen LogP contribution in [0.15, 0.2) is 28.9 Å². The molecule has 2 aromatic heterocycles. The van der Waals surface area contributed by atoms with Gasteiger partial charge in [0.1, 0.15) is 11.5 Å². The lowest BCUT2D eigenvalue weighted by molar-refractivity contribution is 0.178. The van der Waals surface area contributed by atoms with Crippen LogP contribution in [0, 0.1) is 6.92 Å². The molecule has 3 heterocycles. The second kappa shape index (κ2) is 8.20. The zero-order valence-corrected chi connectivity index (χ0v) is 14.9. The molecule has 1 N–H and O–H groups in total. The smallest absolute Gasteiger partial charge is 0.322 e. The van der Waals surface area contributed by atoms with Gasteiger partial charge in [0, 0.05) is 19.9 Å². The molecule has 1 unspecified atom stereocenters. The van der Waals surface area contributed by atoms with Gasteiger partial charge in [0.25, 0.3) is 0 Å². The van der Waals surface area contributed by atoms with Crippen molar-refractivity contribution < 1.29 is 13.9 Å². The molecule has 0 saturated carbocycles. The third kappa shape index (κ3) is 4.42. The van der Waals surface area contributed by atoms with Gasteiger partial charge < -0.3 is 19.4 Å². The molecule has 2 amide bonds. The standard InChI is InChI=1S/C18H26N4O3/c1-14-7-8-17(25-14)16-6-4-3-5-9-22(16)18(23)20-15-12-19-21(13-15)10-11-24-2/h7-8,12-13,16H,3-6,9-11H2,1-2H3,(H,20,23). The Morgan fingerprint density at radius 1 is 1.40 bits per heavy atom. The summed E-state index contributed by atoms with van der Waals surface area (Å²) in [5.74, 6) is 1.74. The monoisotopic (exact) mass is 346 g/mol. The molecular formula is C18H26N4O3. The Labute approximate surface area is 147 Å². The van der Waals surface area contributed by atoms with Crippen LogP contribution < -0.4 is 5.32 Å². The highest BCUT2D eigenvalue weighted by Crippen LogP contribution is 2.31. The number of methoxy groups -OCH3 is 1. The van der Waals surface area contributed by atoms with Crippen molar-refractivity contribution in [3.05, 3.63) is 36.0 Å². The first kappa shape index (κ1) is 17.5. The van der Waals surface area contributed by atoms with Gasteiger partial charge in [-0.05, 0) is 31.9 Å². The van der Waals surface area contributed by atoms with Crippen LogP contribution >= 0.6 is 0 Å². The number of amides is 2. The maximum Gasteiger partial charge on any atom is 0.322 e. The van der Waals surface area contributed by atoms with E-state index in [1.807, 2.05) is 30.2 Å². The molecular weight excluding hydrogens is 320 g/mol. The molecule has 1 aliphatic heterocycles. The Kier molecular flexibility index (Phi) is 5.75. The molecule has 1 aliphatic rings. The summed E-state index contributed by atoms with van der Waals surface area (Å²) in [5.41, 5.74) is 0.694. The van der Waals surface area contributed by atoms with Gasteiger partial charge in [-0.25, -0.2) is 4.79 Å². The largest absolute Gasteiger partial charge is 0.464 e.